The van der Waals surface area contributed by atoms with Crippen LogP contribution in [0, 0.1) is 0 Å². The van der Waals surface area contributed by atoms with Crippen molar-refractivity contribution in [2.75, 3.05) is 7.11 Å². The van der Waals surface area contributed by atoms with Crippen LogP contribution in [0.15, 0.2) is 30.3 Å². The highest BCUT2D eigenvalue weighted by atomic mass is 35.5. The van der Waals surface area contributed by atoms with Gasteiger partial charge in [0.25, 0.3) is 0 Å². The number of methoxy groups -OCH3 is 1. The average molecular weight is 432 g/mol. The van der Waals surface area contributed by atoms with Crippen molar-refractivity contribution in [2.45, 2.75) is 44.6 Å². The Balaban J connectivity index is 2.00. The fourth-order valence-electron chi connectivity index (χ4n) is 4.34. The number of carboxylic acids is 1. The van der Waals surface area contributed by atoms with E-state index in [0.29, 0.717) is 15.8 Å². The molecule has 1 aliphatic rings. The van der Waals surface area contributed by atoms with Gasteiger partial charge in [-0.2, -0.15) is 0 Å². The molecule has 0 amide bonds. The van der Waals surface area contributed by atoms with E-state index in [1.54, 1.807) is 6.07 Å². The van der Waals surface area contributed by atoms with Gasteiger partial charge in [0.2, 0.25) is 0 Å². The zero-order valence-corrected chi connectivity index (χ0v) is 17.7. The van der Waals surface area contributed by atoms with Gasteiger partial charge in [-0.25, -0.2) is 4.79 Å². The number of hydrogen-bond acceptors (Lipinski definition) is 4. The Kier molecular flexibility index (Phi) is 5.65. The summed E-state index contributed by atoms with van der Waals surface area (Å²) in [6.45, 7) is -0.168. The number of benzene rings is 1. The van der Waals surface area contributed by atoms with Gasteiger partial charge in [-0.05, 0) is 48.1 Å². The number of rotatable bonds is 5. The summed E-state index contributed by atoms with van der Waals surface area (Å²) < 4.78 is 7.72. The molecular formula is C22H22ClNO4S. The maximum Gasteiger partial charge on any atom is 0.348 e. The summed E-state index contributed by atoms with van der Waals surface area (Å²) in [7, 11) is 1.36. The minimum Gasteiger partial charge on any atom is -0.480 e. The average Bonchev–Trinajstić information content (AvgIpc) is 3.26. The van der Waals surface area contributed by atoms with Crippen LogP contribution in [0.1, 0.15) is 53.3 Å². The molecule has 1 aromatic carbocycles. The van der Waals surface area contributed by atoms with Crippen LogP contribution in [-0.2, 0) is 16.1 Å². The van der Waals surface area contributed by atoms with E-state index in [0.717, 1.165) is 52.7 Å². The van der Waals surface area contributed by atoms with Gasteiger partial charge >= 0.3 is 11.9 Å². The fourth-order valence-corrected chi connectivity index (χ4v) is 5.67. The van der Waals surface area contributed by atoms with Gasteiger partial charge in [0.05, 0.1) is 23.0 Å². The minimum absolute atomic E-state index is 0.168. The van der Waals surface area contributed by atoms with Crippen molar-refractivity contribution < 1.29 is 19.4 Å². The number of hydrogen-bond donors (Lipinski definition) is 1. The number of aromatic nitrogens is 1. The number of carbonyl (C=O) groups excluding carboxylic acids is 1. The summed E-state index contributed by atoms with van der Waals surface area (Å²) in [5.41, 5.74) is 3.81. The summed E-state index contributed by atoms with van der Waals surface area (Å²) in [4.78, 5) is 24.3. The Morgan fingerprint density at radius 3 is 2.52 bits per heavy atom. The number of halogens is 1. The lowest BCUT2D eigenvalue weighted by atomic mass is 9.83. The molecule has 29 heavy (non-hydrogen) atoms. The molecule has 0 saturated heterocycles. The molecule has 5 nitrogen and oxygen atoms in total. The van der Waals surface area contributed by atoms with E-state index in [1.165, 1.54) is 24.9 Å². The Hall–Kier alpha value is -2.31. The van der Waals surface area contributed by atoms with E-state index >= 15 is 0 Å². The number of aliphatic carboxylic acids is 1. The van der Waals surface area contributed by atoms with Crippen molar-refractivity contribution in [3.63, 3.8) is 0 Å². The Labute approximate surface area is 177 Å². The second-order valence-electron chi connectivity index (χ2n) is 7.40. The van der Waals surface area contributed by atoms with Crippen LogP contribution in [0.3, 0.4) is 0 Å². The number of nitrogens with zero attached hydrogens (tertiary/aromatic N) is 1. The molecule has 0 radical (unpaired) electrons. The zero-order chi connectivity index (χ0) is 20.5. The lowest BCUT2D eigenvalue weighted by Crippen LogP contribution is -2.12. The van der Waals surface area contributed by atoms with E-state index in [2.05, 4.69) is 0 Å². The molecule has 1 aliphatic carbocycles. The molecule has 2 aromatic heterocycles. The van der Waals surface area contributed by atoms with Crippen LogP contribution in [-0.4, -0.2) is 28.7 Å². The first-order valence-electron chi connectivity index (χ1n) is 9.71. The highest BCUT2D eigenvalue weighted by Crippen LogP contribution is 2.46. The van der Waals surface area contributed by atoms with Crippen molar-refractivity contribution in [3.8, 4) is 11.3 Å². The lowest BCUT2D eigenvalue weighted by Gasteiger charge is -2.23. The predicted octanol–water partition coefficient (Wildman–Crippen LogP) is 5.94. The molecule has 0 spiro atoms. The second-order valence-corrected chi connectivity index (χ2v) is 8.89. The largest absolute Gasteiger partial charge is 0.480 e. The second kappa shape index (κ2) is 8.20. The summed E-state index contributed by atoms with van der Waals surface area (Å²) in [6, 6.07) is 9.29. The summed E-state index contributed by atoms with van der Waals surface area (Å²) >= 11 is 7.49. The van der Waals surface area contributed by atoms with E-state index in [4.69, 9.17) is 16.3 Å². The first-order chi connectivity index (χ1) is 14.0. The predicted molar refractivity (Wildman–Crippen MR) is 115 cm³/mol. The van der Waals surface area contributed by atoms with Gasteiger partial charge in [-0.3, -0.25) is 4.79 Å². The minimum atomic E-state index is -0.918. The molecule has 0 atom stereocenters. The number of esters is 1. The molecule has 7 heteroatoms. The summed E-state index contributed by atoms with van der Waals surface area (Å²) in [5, 5.41) is 10.2. The molecule has 1 saturated carbocycles. The van der Waals surface area contributed by atoms with Gasteiger partial charge in [0, 0.05) is 5.02 Å². The van der Waals surface area contributed by atoms with Crippen LogP contribution in [0.25, 0.3) is 21.5 Å². The van der Waals surface area contributed by atoms with Crippen molar-refractivity contribution in [3.05, 3.63) is 45.8 Å². The number of carbonyl (C=O) groups is 2. The van der Waals surface area contributed by atoms with Gasteiger partial charge in [-0.15, -0.1) is 11.3 Å². The number of fused-ring (bicyclic) bond motifs is 1. The standard InChI is InChI=1S/C22H22ClNO4S/c1-28-22(27)17-11-16-21(29-17)19(13-5-3-2-4-6-13)20(24(16)12-18(25)26)14-7-9-15(23)10-8-14/h7-11,13H,2-6,12H2,1H3,(H,25,26). The van der Waals surface area contributed by atoms with E-state index < -0.39 is 11.9 Å². The van der Waals surface area contributed by atoms with Gasteiger partial charge < -0.3 is 14.4 Å². The molecule has 1 fully saturated rings. The molecule has 0 bridgehead atoms. The third-order valence-electron chi connectivity index (χ3n) is 5.58. The summed E-state index contributed by atoms with van der Waals surface area (Å²) in [5.74, 6) is -0.968. The number of ether oxygens (including phenoxy) is 1. The van der Waals surface area contributed by atoms with Gasteiger partial charge in [0.1, 0.15) is 11.4 Å². The molecule has 0 unspecified atom stereocenters. The molecule has 1 N–H and O–H groups in total. The first kappa shape index (κ1) is 20.0. The third kappa shape index (κ3) is 3.79. The van der Waals surface area contributed by atoms with Gasteiger partial charge in [-0.1, -0.05) is 43.0 Å². The van der Waals surface area contributed by atoms with E-state index in [1.807, 2.05) is 28.8 Å². The molecule has 2 heterocycles. The Morgan fingerprint density at radius 1 is 1.21 bits per heavy atom. The quantitative estimate of drug-likeness (QED) is 0.507. The first-order valence-corrected chi connectivity index (χ1v) is 10.9. The number of carboxylic acid groups (broad SMARTS) is 1. The fraction of sp³-hybridized carbons (Fsp3) is 0.364. The van der Waals surface area contributed by atoms with Crippen molar-refractivity contribution in [1.82, 2.24) is 4.57 Å². The zero-order valence-electron chi connectivity index (χ0n) is 16.1. The third-order valence-corrected chi connectivity index (χ3v) is 6.97. The maximum absolute atomic E-state index is 12.1. The molecule has 0 aliphatic heterocycles. The SMILES string of the molecule is COC(=O)c1cc2c(s1)c(C1CCCCC1)c(-c1ccc(Cl)cc1)n2CC(=O)O. The highest BCUT2D eigenvalue weighted by Gasteiger charge is 2.29. The molecular weight excluding hydrogens is 410 g/mol. The van der Waals surface area contributed by atoms with Crippen molar-refractivity contribution in [1.29, 1.82) is 0 Å². The van der Waals surface area contributed by atoms with Crippen molar-refractivity contribution in [2.24, 2.45) is 0 Å². The monoisotopic (exact) mass is 431 g/mol. The number of thiophene rings is 1. The molecule has 152 valence electrons. The summed E-state index contributed by atoms with van der Waals surface area (Å²) in [6.07, 6.45) is 5.68. The maximum atomic E-state index is 12.1. The van der Waals surface area contributed by atoms with Crippen LogP contribution in [0.4, 0.5) is 0 Å². The normalized spacial score (nSPS) is 15.0. The van der Waals surface area contributed by atoms with Crippen LogP contribution in [0.5, 0.6) is 0 Å². The van der Waals surface area contributed by atoms with Gasteiger partial charge in [0.15, 0.2) is 0 Å². The van der Waals surface area contributed by atoms with Crippen molar-refractivity contribution >= 4 is 45.1 Å². The molecule has 4 rings (SSSR count). The lowest BCUT2D eigenvalue weighted by molar-refractivity contribution is -0.137. The van der Waals surface area contributed by atoms with Crippen LogP contribution < -0.4 is 0 Å². The topological polar surface area (TPSA) is 68.5 Å². The van der Waals surface area contributed by atoms with E-state index in [-0.39, 0.29) is 6.54 Å². The van der Waals surface area contributed by atoms with Crippen LogP contribution >= 0.6 is 22.9 Å². The smallest absolute Gasteiger partial charge is 0.348 e. The Bertz CT molecular complexity index is 1060. The highest BCUT2D eigenvalue weighted by molar-refractivity contribution is 7.21. The molecule has 3 aromatic rings. The Morgan fingerprint density at radius 2 is 1.90 bits per heavy atom. The van der Waals surface area contributed by atoms with Crippen LogP contribution in [0.2, 0.25) is 5.02 Å². The van der Waals surface area contributed by atoms with E-state index in [9.17, 15) is 14.7 Å².